The summed E-state index contributed by atoms with van der Waals surface area (Å²) in [5, 5.41) is 16.0. The minimum absolute atomic E-state index is 0.138. The van der Waals surface area contributed by atoms with Gasteiger partial charge in [-0.05, 0) is 38.1 Å². The molecule has 0 fully saturated rings. The first-order valence-electron chi connectivity index (χ1n) is 5.71. The number of phenolic OH excluding ortho intramolecular Hbond substituents is 1. The summed E-state index contributed by atoms with van der Waals surface area (Å²) in [7, 11) is 0. The smallest absolute Gasteiger partial charge is 0.255 e. The highest BCUT2D eigenvalue weighted by Gasteiger charge is 2.08. The Hall–Kier alpha value is -2.30. The van der Waals surface area contributed by atoms with Gasteiger partial charge in [0, 0.05) is 17.8 Å². The fourth-order valence-corrected chi connectivity index (χ4v) is 1.50. The molecule has 1 heterocycles. The van der Waals surface area contributed by atoms with Crippen molar-refractivity contribution >= 4 is 11.6 Å². The average molecular weight is 245 g/mol. The van der Waals surface area contributed by atoms with Crippen molar-refractivity contribution in [3.05, 3.63) is 42.2 Å². The lowest BCUT2D eigenvalue weighted by atomic mass is 10.2. The number of benzene rings is 1. The number of phenols is 1. The quantitative estimate of drug-likeness (QED) is 0.872. The normalized spacial score (nSPS) is 10.6. The molecule has 1 aromatic heterocycles. The predicted molar refractivity (Wildman–Crippen MR) is 68.7 cm³/mol. The topological polar surface area (TPSA) is 67.2 Å². The van der Waals surface area contributed by atoms with Crippen LogP contribution in [0.25, 0.3) is 0 Å². The van der Waals surface area contributed by atoms with Crippen molar-refractivity contribution in [2.45, 2.75) is 19.9 Å². The van der Waals surface area contributed by atoms with E-state index >= 15 is 0 Å². The first-order valence-corrected chi connectivity index (χ1v) is 5.71. The molecule has 0 atom stereocenters. The highest BCUT2D eigenvalue weighted by molar-refractivity contribution is 6.04. The monoisotopic (exact) mass is 245 g/mol. The molecule has 2 N–H and O–H groups in total. The number of carbonyl (C=O) groups is 1. The van der Waals surface area contributed by atoms with Crippen molar-refractivity contribution in [3.63, 3.8) is 0 Å². The number of aromatic nitrogens is 2. The molecule has 0 aliphatic rings. The lowest BCUT2D eigenvalue weighted by molar-refractivity contribution is 0.102. The molecule has 0 aliphatic heterocycles. The van der Waals surface area contributed by atoms with Crippen molar-refractivity contribution in [2.75, 3.05) is 5.32 Å². The first kappa shape index (κ1) is 12.2. The summed E-state index contributed by atoms with van der Waals surface area (Å²) in [6, 6.07) is 6.35. The van der Waals surface area contributed by atoms with Gasteiger partial charge in [-0.1, -0.05) is 0 Å². The Bertz CT molecular complexity index is 544. The van der Waals surface area contributed by atoms with Gasteiger partial charge in [0.25, 0.3) is 5.91 Å². The highest BCUT2D eigenvalue weighted by Crippen LogP contribution is 2.13. The van der Waals surface area contributed by atoms with E-state index in [-0.39, 0.29) is 17.7 Å². The lowest BCUT2D eigenvalue weighted by Gasteiger charge is -2.04. The Morgan fingerprint density at radius 3 is 2.56 bits per heavy atom. The van der Waals surface area contributed by atoms with Crippen LogP contribution in [0.1, 0.15) is 30.2 Å². The van der Waals surface area contributed by atoms with E-state index < -0.39 is 0 Å². The molecule has 5 heteroatoms. The summed E-state index contributed by atoms with van der Waals surface area (Å²) in [5.41, 5.74) is 1.15. The standard InChI is InChI=1S/C13H15N3O2/c1-9(2)16-8-11(7-14-16)15-13(18)10-3-5-12(17)6-4-10/h3-9,17H,1-2H3,(H,15,18). The summed E-state index contributed by atoms with van der Waals surface area (Å²) in [4.78, 5) is 11.9. The maximum absolute atomic E-state index is 11.9. The van der Waals surface area contributed by atoms with E-state index in [0.29, 0.717) is 11.3 Å². The van der Waals surface area contributed by atoms with Gasteiger partial charge in [-0.15, -0.1) is 0 Å². The fourth-order valence-electron chi connectivity index (χ4n) is 1.50. The largest absolute Gasteiger partial charge is 0.508 e. The van der Waals surface area contributed by atoms with E-state index in [2.05, 4.69) is 10.4 Å². The van der Waals surface area contributed by atoms with Gasteiger partial charge in [0.1, 0.15) is 5.75 Å². The van der Waals surface area contributed by atoms with Crippen LogP contribution in [0.4, 0.5) is 5.69 Å². The first-order chi connectivity index (χ1) is 8.56. The number of hydrogen-bond acceptors (Lipinski definition) is 3. The van der Waals surface area contributed by atoms with Crippen LogP contribution in [-0.4, -0.2) is 20.8 Å². The van der Waals surface area contributed by atoms with Crippen molar-refractivity contribution in [3.8, 4) is 5.75 Å². The van der Waals surface area contributed by atoms with Gasteiger partial charge < -0.3 is 10.4 Å². The predicted octanol–water partition coefficient (Wildman–Crippen LogP) is 2.42. The summed E-state index contributed by atoms with van der Waals surface area (Å²) in [5.74, 6) is -0.0857. The summed E-state index contributed by atoms with van der Waals surface area (Å²) < 4.78 is 1.77. The van der Waals surface area contributed by atoms with Gasteiger partial charge in [-0.25, -0.2) is 0 Å². The molecule has 2 aromatic rings. The maximum Gasteiger partial charge on any atom is 0.255 e. The molecule has 0 bridgehead atoms. The van der Waals surface area contributed by atoms with Gasteiger partial charge >= 0.3 is 0 Å². The number of nitrogens with zero attached hydrogens (tertiary/aromatic N) is 2. The zero-order valence-corrected chi connectivity index (χ0v) is 10.3. The summed E-state index contributed by atoms with van der Waals surface area (Å²) in [6.45, 7) is 4.02. The molecular weight excluding hydrogens is 230 g/mol. The van der Waals surface area contributed by atoms with Crippen LogP contribution in [-0.2, 0) is 0 Å². The molecule has 18 heavy (non-hydrogen) atoms. The van der Waals surface area contributed by atoms with Crippen molar-refractivity contribution in [1.29, 1.82) is 0 Å². The van der Waals surface area contributed by atoms with Crippen LogP contribution in [0.15, 0.2) is 36.7 Å². The zero-order valence-electron chi connectivity index (χ0n) is 10.3. The number of rotatable bonds is 3. The van der Waals surface area contributed by atoms with Crippen LogP contribution in [0.2, 0.25) is 0 Å². The van der Waals surface area contributed by atoms with Crippen LogP contribution in [0.3, 0.4) is 0 Å². The molecule has 0 saturated carbocycles. The third-order valence-corrected chi connectivity index (χ3v) is 2.52. The summed E-state index contributed by atoms with van der Waals surface area (Å²) in [6.07, 6.45) is 3.39. The molecule has 0 aliphatic carbocycles. The van der Waals surface area contributed by atoms with E-state index in [4.69, 9.17) is 5.11 Å². The van der Waals surface area contributed by atoms with E-state index in [1.807, 2.05) is 13.8 Å². The molecule has 1 amide bonds. The van der Waals surface area contributed by atoms with Gasteiger partial charge in [0.05, 0.1) is 11.9 Å². The Morgan fingerprint density at radius 2 is 2.00 bits per heavy atom. The van der Waals surface area contributed by atoms with Crippen molar-refractivity contribution < 1.29 is 9.90 Å². The second kappa shape index (κ2) is 4.91. The average Bonchev–Trinajstić information content (AvgIpc) is 2.78. The molecule has 0 saturated heterocycles. The Labute approximate surface area is 105 Å². The van der Waals surface area contributed by atoms with Crippen LogP contribution < -0.4 is 5.32 Å². The molecule has 1 aromatic carbocycles. The van der Waals surface area contributed by atoms with Crippen molar-refractivity contribution in [2.24, 2.45) is 0 Å². The van der Waals surface area contributed by atoms with Gasteiger partial charge in [0.15, 0.2) is 0 Å². The third kappa shape index (κ3) is 2.68. The molecule has 0 unspecified atom stereocenters. The molecular formula is C13H15N3O2. The van der Waals surface area contributed by atoms with Crippen LogP contribution >= 0.6 is 0 Å². The van der Waals surface area contributed by atoms with E-state index in [1.165, 1.54) is 12.1 Å². The number of nitrogens with one attached hydrogen (secondary N) is 1. The van der Waals surface area contributed by atoms with Gasteiger partial charge in [0.2, 0.25) is 0 Å². The maximum atomic E-state index is 11.9. The second-order valence-electron chi connectivity index (χ2n) is 4.30. The number of carbonyl (C=O) groups excluding carboxylic acids is 1. The number of amides is 1. The second-order valence-corrected chi connectivity index (χ2v) is 4.30. The molecule has 5 nitrogen and oxygen atoms in total. The number of hydrogen-bond donors (Lipinski definition) is 2. The molecule has 0 radical (unpaired) electrons. The minimum Gasteiger partial charge on any atom is -0.508 e. The van der Waals surface area contributed by atoms with E-state index in [9.17, 15) is 4.79 Å². The Kier molecular flexibility index (Phi) is 3.32. The summed E-state index contributed by atoms with van der Waals surface area (Å²) >= 11 is 0. The molecule has 2 rings (SSSR count). The number of aromatic hydroxyl groups is 1. The van der Waals surface area contributed by atoms with E-state index in [1.54, 1.807) is 29.2 Å². The third-order valence-electron chi connectivity index (χ3n) is 2.52. The van der Waals surface area contributed by atoms with Gasteiger partial charge in [-0.3, -0.25) is 9.48 Å². The van der Waals surface area contributed by atoms with Crippen molar-refractivity contribution in [1.82, 2.24) is 9.78 Å². The van der Waals surface area contributed by atoms with Crippen LogP contribution in [0.5, 0.6) is 5.75 Å². The molecule has 94 valence electrons. The fraction of sp³-hybridized carbons (Fsp3) is 0.231. The zero-order chi connectivity index (χ0) is 13.1. The minimum atomic E-state index is -0.224. The number of anilines is 1. The SMILES string of the molecule is CC(C)n1cc(NC(=O)c2ccc(O)cc2)cn1. The van der Waals surface area contributed by atoms with E-state index in [0.717, 1.165) is 0 Å². The molecule has 0 spiro atoms. The Morgan fingerprint density at radius 1 is 1.33 bits per heavy atom. The van der Waals surface area contributed by atoms with Gasteiger partial charge in [-0.2, -0.15) is 5.10 Å². The lowest BCUT2D eigenvalue weighted by Crippen LogP contribution is -2.11. The Balaban J connectivity index is 2.08. The van der Waals surface area contributed by atoms with Crippen LogP contribution in [0, 0.1) is 0 Å². The highest BCUT2D eigenvalue weighted by atomic mass is 16.3.